The van der Waals surface area contributed by atoms with Crippen LogP contribution in [0.4, 0.5) is 5.69 Å². The molecule has 30 heavy (non-hydrogen) atoms. The molecule has 1 unspecified atom stereocenters. The molecule has 158 valence electrons. The number of carbonyl (C=O) groups is 2. The van der Waals surface area contributed by atoms with Crippen LogP contribution in [0.2, 0.25) is 5.02 Å². The SMILES string of the molecule is COC(=O)C1Cc2ccccc2CN1C(=O)CN1CCN(c2ccccc2Cl)CC1. The molecule has 2 aliphatic rings. The summed E-state index contributed by atoms with van der Waals surface area (Å²) in [5.74, 6) is -0.396. The van der Waals surface area contributed by atoms with Crippen LogP contribution >= 0.6 is 11.6 Å². The van der Waals surface area contributed by atoms with Crippen LogP contribution in [-0.4, -0.2) is 67.6 Å². The van der Waals surface area contributed by atoms with Gasteiger partial charge in [-0.1, -0.05) is 48.0 Å². The van der Waals surface area contributed by atoms with Gasteiger partial charge in [-0.05, 0) is 23.3 Å². The number of para-hydroxylation sites is 1. The number of fused-ring (bicyclic) bond motifs is 1. The molecule has 1 atom stereocenters. The van der Waals surface area contributed by atoms with Gasteiger partial charge in [0.25, 0.3) is 0 Å². The van der Waals surface area contributed by atoms with E-state index in [1.165, 1.54) is 7.11 Å². The van der Waals surface area contributed by atoms with E-state index in [9.17, 15) is 9.59 Å². The molecular formula is C23H26ClN3O3. The highest BCUT2D eigenvalue weighted by atomic mass is 35.5. The fraction of sp³-hybridized carbons (Fsp3) is 0.391. The summed E-state index contributed by atoms with van der Waals surface area (Å²) in [5.41, 5.74) is 3.23. The van der Waals surface area contributed by atoms with Gasteiger partial charge in [-0.15, -0.1) is 0 Å². The average Bonchev–Trinajstić information content (AvgIpc) is 2.78. The van der Waals surface area contributed by atoms with Crippen LogP contribution in [0.3, 0.4) is 0 Å². The van der Waals surface area contributed by atoms with Crippen LogP contribution in [-0.2, 0) is 27.3 Å². The fourth-order valence-corrected chi connectivity index (χ4v) is 4.52. The number of rotatable bonds is 4. The molecule has 0 aromatic heterocycles. The first-order chi connectivity index (χ1) is 14.6. The molecule has 1 saturated heterocycles. The number of halogens is 1. The molecule has 0 N–H and O–H groups in total. The van der Waals surface area contributed by atoms with Crippen LogP contribution in [0.5, 0.6) is 0 Å². The summed E-state index contributed by atoms with van der Waals surface area (Å²) in [6.07, 6.45) is 0.495. The molecule has 1 fully saturated rings. The van der Waals surface area contributed by atoms with Crippen molar-refractivity contribution < 1.29 is 14.3 Å². The zero-order chi connectivity index (χ0) is 21.1. The molecule has 0 radical (unpaired) electrons. The van der Waals surface area contributed by atoms with E-state index in [1.54, 1.807) is 4.90 Å². The minimum Gasteiger partial charge on any atom is -0.467 e. The molecule has 2 aromatic carbocycles. The highest BCUT2D eigenvalue weighted by Crippen LogP contribution is 2.27. The number of esters is 1. The van der Waals surface area contributed by atoms with Crippen molar-refractivity contribution in [1.29, 1.82) is 0 Å². The number of nitrogens with zero attached hydrogens (tertiary/aromatic N) is 3. The minimum atomic E-state index is -0.568. The first kappa shape index (κ1) is 20.7. The van der Waals surface area contributed by atoms with Crippen molar-refractivity contribution in [2.45, 2.75) is 19.0 Å². The lowest BCUT2D eigenvalue weighted by Gasteiger charge is -2.39. The second kappa shape index (κ2) is 9.06. The Hall–Kier alpha value is -2.57. The summed E-state index contributed by atoms with van der Waals surface area (Å²) in [6, 6.07) is 15.2. The predicted octanol–water partition coefficient (Wildman–Crippen LogP) is 2.59. The minimum absolute atomic E-state index is 0.0360. The number of hydrogen-bond acceptors (Lipinski definition) is 5. The lowest BCUT2D eigenvalue weighted by Crippen LogP contribution is -2.54. The van der Waals surface area contributed by atoms with Gasteiger partial charge in [0, 0.05) is 39.1 Å². The number of ether oxygens (including phenoxy) is 1. The number of benzene rings is 2. The van der Waals surface area contributed by atoms with Crippen LogP contribution < -0.4 is 4.90 Å². The second-order valence-corrected chi connectivity index (χ2v) is 8.16. The van der Waals surface area contributed by atoms with Gasteiger partial charge in [-0.2, -0.15) is 0 Å². The van der Waals surface area contributed by atoms with E-state index in [0.717, 1.165) is 48.0 Å². The Morgan fingerprint density at radius 2 is 1.67 bits per heavy atom. The van der Waals surface area contributed by atoms with Gasteiger partial charge >= 0.3 is 5.97 Å². The highest BCUT2D eigenvalue weighted by molar-refractivity contribution is 6.33. The van der Waals surface area contributed by atoms with Gasteiger partial charge in [0.1, 0.15) is 6.04 Å². The smallest absolute Gasteiger partial charge is 0.328 e. The molecule has 2 aromatic rings. The van der Waals surface area contributed by atoms with E-state index in [0.29, 0.717) is 19.5 Å². The standard InChI is InChI=1S/C23H26ClN3O3/c1-30-23(29)21-14-17-6-2-3-7-18(17)15-27(21)22(28)16-25-10-12-26(13-11-25)20-9-5-4-8-19(20)24/h2-9,21H,10-16H2,1H3. The van der Waals surface area contributed by atoms with E-state index >= 15 is 0 Å². The normalized spacial score (nSPS) is 19.3. The monoisotopic (exact) mass is 427 g/mol. The molecule has 0 spiro atoms. The third-order valence-corrected chi connectivity index (χ3v) is 6.29. The lowest BCUT2D eigenvalue weighted by atomic mass is 9.94. The van der Waals surface area contributed by atoms with E-state index in [1.807, 2.05) is 48.5 Å². The predicted molar refractivity (Wildman–Crippen MR) is 117 cm³/mol. The molecular weight excluding hydrogens is 402 g/mol. The average molecular weight is 428 g/mol. The number of anilines is 1. The van der Waals surface area contributed by atoms with E-state index < -0.39 is 6.04 Å². The lowest BCUT2D eigenvalue weighted by molar-refractivity contribution is -0.154. The van der Waals surface area contributed by atoms with Crippen molar-refractivity contribution >= 4 is 29.2 Å². The maximum atomic E-state index is 13.2. The molecule has 4 rings (SSSR count). The quantitative estimate of drug-likeness (QED) is 0.702. The van der Waals surface area contributed by atoms with Gasteiger partial charge in [-0.25, -0.2) is 4.79 Å². The molecule has 6 nitrogen and oxygen atoms in total. The zero-order valence-electron chi connectivity index (χ0n) is 17.1. The van der Waals surface area contributed by atoms with Crippen molar-refractivity contribution in [3.05, 3.63) is 64.7 Å². The van der Waals surface area contributed by atoms with Crippen LogP contribution in [0, 0.1) is 0 Å². The van der Waals surface area contributed by atoms with Crippen LogP contribution in [0.1, 0.15) is 11.1 Å². The zero-order valence-corrected chi connectivity index (χ0v) is 17.8. The fourth-order valence-electron chi connectivity index (χ4n) is 4.27. The maximum Gasteiger partial charge on any atom is 0.328 e. The highest BCUT2D eigenvalue weighted by Gasteiger charge is 2.36. The maximum absolute atomic E-state index is 13.2. The second-order valence-electron chi connectivity index (χ2n) is 7.75. The van der Waals surface area contributed by atoms with E-state index in [2.05, 4.69) is 9.80 Å². The van der Waals surface area contributed by atoms with Crippen molar-refractivity contribution in [2.24, 2.45) is 0 Å². The van der Waals surface area contributed by atoms with Gasteiger partial charge < -0.3 is 14.5 Å². The Kier molecular flexibility index (Phi) is 6.25. The first-order valence-corrected chi connectivity index (χ1v) is 10.6. The number of methoxy groups -OCH3 is 1. The summed E-state index contributed by atoms with van der Waals surface area (Å²) < 4.78 is 4.98. The van der Waals surface area contributed by atoms with Gasteiger partial charge in [0.2, 0.25) is 5.91 Å². The Labute approximate surface area is 182 Å². The Morgan fingerprint density at radius 1 is 1.00 bits per heavy atom. The van der Waals surface area contributed by atoms with Gasteiger partial charge in [0.15, 0.2) is 0 Å². The van der Waals surface area contributed by atoms with Gasteiger partial charge in [0.05, 0.1) is 24.4 Å². The summed E-state index contributed by atoms with van der Waals surface area (Å²) in [5, 5.41) is 0.745. The summed E-state index contributed by atoms with van der Waals surface area (Å²) in [7, 11) is 1.37. The molecule has 0 saturated carbocycles. The van der Waals surface area contributed by atoms with Crippen LogP contribution in [0.25, 0.3) is 0 Å². The number of carbonyl (C=O) groups excluding carboxylic acids is 2. The van der Waals surface area contributed by atoms with Crippen molar-refractivity contribution in [3.8, 4) is 0 Å². The molecule has 0 aliphatic carbocycles. The summed E-state index contributed by atoms with van der Waals surface area (Å²) in [6.45, 7) is 3.88. The largest absolute Gasteiger partial charge is 0.467 e. The Balaban J connectivity index is 1.40. The number of piperazine rings is 1. The van der Waals surface area contributed by atoms with E-state index in [-0.39, 0.29) is 11.9 Å². The molecule has 2 aliphatic heterocycles. The summed E-state index contributed by atoms with van der Waals surface area (Å²) >= 11 is 6.32. The van der Waals surface area contributed by atoms with Crippen molar-refractivity contribution in [2.75, 3.05) is 44.7 Å². The van der Waals surface area contributed by atoms with Crippen LogP contribution in [0.15, 0.2) is 48.5 Å². The number of amides is 1. The third-order valence-electron chi connectivity index (χ3n) is 5.97. The van der Waals surface area contributed by atoms with Crippen molar-refractivity contribution in [3.63, 3.8) is 0 Å². The molecule has 1 amide bonds. The first-order valence-electron chi connectivity index (χ1n) is 10.2. The molecule has 0 bridgehead atoms. The Morgan fingerprint density at radius 3 is 2.37 bits per heavy atom. The van der Waals surface area contributed by atoms with Crippen molar-refractivity contribution in [1.82, 2.24) is 9.80 Å². The van der Waals surface area contributed by atoms with Gasteiger partial charge in [-0.3, -0.25) is 9.69 Å². The van der Waals surface area contributed by atoms with E-state index in [4.69, 9.17) is 16.3 Å². The Bertz CT molecular complexity index is 927. The number of hydrogen-bond donors (Lipinski definition) is 0. The summed E-state index contributed by atoms with van der Waals surface area (Å²) in [4.78, 5) is 31.6. The third kappa shape index (κ3) is 4.30. The molecule has 7 heteroatoms. The topological polar surface area (TPSA) is 53.1 Å². The molecule has 2 heterocycles.